The minimum absolute atomic E-state index is 0.240. The molecule has 0 aromatic heterocycles. The fraction of sp³-hybridized carbons (Fsp3) is 0.474. The molecule has 0 N–H and O–H groups in total. The SMILES string of the molecule is COc1cc(C(CCC(C)C)OC)c(OC)c2c1C(=O)C=CC2=O. The number of allylic oxidation sites excluding steroid dienone is 2. The molecule has 0 amide bonds. The summed E-state index contributed by atoms with van der Waals surface area (Å²) in [5.74, 6) is 0.765. The number of methoxy groups -OCH3 is 3. The van der Waals surface area contributed by atoms with Crippen LogP contribution in [0.1, 0.15) is 59.1 Å². The lowest BCUT2D eigenvalue weighted by molar-refractivity contribution is 0.0872. The number of carbonyl (C=O) groups excluding carboxylic acids is 2. The van der Waals surface area contributed by atoms with E-state index in [2.05, 4.69) is 13.8 Å². The molecule has 2 rings (SSSR count). The summed E-state index contributed by atoms with van der Waals surface area (Å²) in [6.45, 7) is 4.29. The average molecular weight is 332 g/mol. The Balaban J connectivity index is 2.63. The van der Waals surface area contributed by atoms with Crippen LogP contribution in [-0.2, 0) is 4.74 Å². The number of hydrogen-bond acceptors (Lipinski definition) is 5. The Hall–Kier alpha value is -2.14. The van der Waals surface area contributed by atoms with Crippen molar-refractivity contribution in [2.75, 3.05) is 21.3 Å². The first-order chi connectivity index (χ1) is 11.4. The zero-order chi connectivity index (χ0) is 17.9. The van der Waals surface area contributed by atoms with Gasteiger partial charge < -0.3 is 14.2 Å². The van der Waals surface area contributed by atoms with E-state index in [9.17, 15) is 9.59 Å². The molecule has 0 saturated heterocycles. The Kier molecular flexibility index (Phi) is 5.78. The van der Waals surface area contributed by atoms with Gasteiger partial charge in [-0.1, -0.05) is 13.8 Å². The first-order valence-corrected chi connectivity index (χ1v) is 8.02. The quantitative estimate of drug-likeness (QED) is 0.761. The number of rotatable bonds is 7. The van der Waals surface area contributed by atoms with Gasteiger partial charge in [0, 0.05) is 12.7 Å². The van der Waals surface area contributed by atoms with Crippen LogP contribution in [0, 0.1) is 5.92 Å². The lowest BCUT2D eigenvalue weighted by Gasteiger charge is -2.24. The standard InChI is InChI=1S/C19H24O5/c1-11(2)6-9-15(22-3)12-10-16(23-4)17-13(20)7-8-14(21)18(17)19(12)24-5/h7-8,10-11,15H,6,9H2,1-5H3. The van der Waals surface area contributed by atoms with Crippen LogP contribution in [0.15, 0.2) is 18.2 Å². The monoisotopic (exact) mass is 332 g/mol. The predicted octanol–water partition coefficient (Wildman–Crippen LogP) is 3.76. The van der Waals surface area contributed by atoms with Gasteiger partial charge in [-0.15, -0.1) is 0 Å². The molecule has 0 spiro atoms. The summed E-state index contributed by atoms with van der Waals surface area (Å²) in [4.78, 5) is 24.6. The van der Waals surface area contributed by atoms with Crippen molar-refractivity contribution in [1.82, 2.24) is 0 Å². The Morgan fingerprint density at radius 1 is 0.917 bits per heavy atom. The maximum atomic E-state index is 12.4. The summed E-state index contributed by atoms with van der Waals surface area (Å²) in [5, 5.41) is 0. The highest BCUT2D eigenvalue weighted by atomic mass is 16.5. The average Bonchev–Trinajstić information content (AvgIpc) is 2.57. The Bertz CT molecular complexity index is 673. The third kappa shape index (κ3) is 3.36. The largest absolute Gasteiger partial charge is 0.496 e. The van der Waals surface area contributed by atoms with E-state index in [1.165, 1.54) is 26.4 Å². The third-order valence-corrected chi connectivity index (χ3v) is 4.21. The van der Waals surface area contributed by atoms with Crippen molar-refractivity contribution < 1.29 is 23.8 Å². The normalized spacial score (nSPS) is 14.8. The number of carbonyl (C=O) groups is 2. The molecule has 0 aliphatic heterocycles. The summed E-state index contributed by atoms with van der Waals surface area (Å²) in [7, 11) is 4.61. The van der Waals surface area contributed by atoms with Crippen molar-refractivity contribution in [1.29, 1.82) is 0 Å². The highest BCUT2D eigenvalue weighted by Gasteiger charge is 2.31. The molecular weight excluding hydrogens is 308 g/mol. The maximum Gasteiger partial charge on any atom is 0.190 e. The van der Waals surface area contributed by atoms with Gasteiger partial charge in [0.2, 0.25) is 0 Å². The van der Waals surface area contributed by atoms with Gasteiger partial charge in [0.25, 0.3) is 0 Å². The van der Waals surface area contributed by atoms with E-state index in [-0.39, 0.29) is 28.8 Å². The molecule has 5 heteroatoms. The van der Waals surface area contributed by atoms with Crippen molar-refractivity contribution in [3.8, 4) is 11.5 Å². The molecule has 1 atom stereocenters. The molecule has 1 aromatic rings. The molecule has 1 aliphatic rings. The van der Waals surface area contributed by atoms with E-state index in [0.29, 0.717) is 17.4 Å². The minimum atomic E-state index is -0.264. The summed E-state index contributed by atoms with van der Waals surface area (Å²) < 4.78 is 16.5. The van der Waals surface area contributed by atoms with E-state index in [0.717, 1.165) is 18.4 Å². The molecule has 5 nitrogen and oxygen atoms in total. The molecule has 130 valence electrons. The van der Waals surface area contributed by atoms with E-state index >= 15 is 0 Å². The molecule has 0 bridgehead atoms. The molecule has 1 aliphatic carbocycles. The second-order valence-electron chi connectivity index (χ2n) is 6.21. The molecule has 0 fully saturated rings. The van der Waals surface area contributed by atoms with Gasteiger partial charge in [0.15, 0.2) is 11.6 Å². The van der Waals surface area contributed by atoms with Crippen LogP contribution < -0.4 is 9.47 Å². The van der Waals surface area contributed by atoms with Crippen LogP contribution in [-0.4, -0.2) is 32.9 Å². The zero-order valence-electron chi connectivity index (χ0n) is 14.8. The number of hydrogen-bond donors (Lipinski definition) is 0. The van der Waals surface area contributed by atoms with Crippen LogP contribution in [0.25, 0.3) is 0 Å². The van der Waals surface area contributed by atoms with Gasteiger partial charge in [-0.25, -0.2) is 0 Å². The van der Waals surface area contributed by atoms with Crippen molar-refractivity contribution in [3.63, 3.8) is 0 Å². The van der Waals surface area contributed by atoms with Crippen LogP contribution in [0.2, 0.25) is 0 Å². The van der Waals surface area contributed by atoms with Crippen LogP contribution in [0.3, 0.4) is 0 Å². The third-order valence-electron chi connectivity index (χ3n) is 4.21. The Labute approximate surface area is 142 Å². The van der Waals surface area contributed by atoms with Crippen LogP contribution >= 0.6 is 0 Å². The first kappa shape index (κ1) is 18.2. The van der Waals surface area contributed by atoms with Crippen molar-refractivity contribution in [2.45, 2.75) is 32.8 Å². The highest BCUT2D eigenvalue weighted by Crippen LogP contribution is 2.42. The van der Waals surface area contributed by atoms with Gasteiger partial charge >= 0.3 is 0 Å². The van der Waals surface area contributed by atoms with E-state index in [1.54, 1.807) is 13.2 Å². The predicted molar refractivity (Wildman–Crippen MR) is 91.2 cm³/mol. The smallest absolute Gasteiger partial charge is 0.190 e. The number of ether oxygens (including phenoxy) is 3. The van der Waals surface area contributed by atoms with E-state index < -0.39 is 0 Å². The Morgan fingerprint density at radius 2 is 1.54 bits per heavy atom. The summed E-state index contributed by atoms with van der Waals surface area (Å²) in [5.41, 5.74) is 1.24. The summed E-state index contributed by atoms with van der Waals surface area (Å²) in [6, 6.07) is 1.75. The fourth-order valence-corrected chi connectivity index (χ4v) is 2.96. The summed E-state index contributed by atoms with van der Waals surface area (Å²) >= 11 is 0. The molecule has 1 aromatic carbocycles. The minimum Gasteiger partial charge on any atom is -0.496 e. The topological polar surface area (TPSA) is 61.8 Å². The summed E-state index contributed by atoms with van der Waals surface area (Å²) in [6.07, 6.45) is 4.04. The molecule has 0 radical (unpaired) electrons. The Morgan fingerprint density at radius 3 is 2.04 bits per heavy atom. The lowest BCUT2D eigenvalue weighted by Crippen LogP contribution is -2.17. The molecule has 1 unspecified atom stereocenters. The van der Waals surface area contributed by atoms with Crippen LogP contribution in [0.4, 0.5) is 0 Å². The molecule has 0 saturated carbocycles. The number of ketones is 2. The van der Waals surface area contributed by atoms with E-state index in [4.69, 9.17) is 14.2 Å². The van der Waals surface area contributed by atoms with E-state index in [1.807, 2.05) is 0 Å². The number of benzene rings is 1. The highest BCUT2D eigenvalue weighted by molar-refractivity contribution is 6.24. The molecule has 0 heterocycles. The van der Waals surface area contributed by atoms with Crippen molar-refractivity contribution >= 4 is 11.6 Å². The van der Waals surface area contributed by atoms with Gasteiger partial charge in [0.05, 0.1) is 31.5 Å². The molecule has 24 heavy (non-hydrogen) atoms. The molecular formula is C19H24O5. The van der Waals surface area contributed by atoms with Gasteiger partial charge in [-0.05, 0) is 37.0 Å². The second-order valence-corrected chi connectivity index (χ2v) is 6.21. The fourth-order valence-electron chi connectivity index (χ4n) is 2.96. The van der Waals surface area contributed by atoms with Crippen molar-refractivity contribution in [3.05, 3.63) is 34.9 Å². The van der Waals surface area contributed by atoms with Crippen molar-refractivity contribution in [2.24, 2.45) is 5.92 Å². The second kappa shape index (κ2) is 7.62. The van der Waals surface area contributed by atoms with Crippen LogP contribution in [0.5, 0.6) is 11.5 Å². The lowest BCUT2D eigenvalue weighted by atomic mass is 9.88. The zero-order valence-corrected chi connectivity index (χ0v) is 14.8. The van der Waals surface area contributed by atoms with Gasteiger partial charge in [-0.2, -0.15) is 0 Å². The first-order valence-electron chi connectivity index (χ1n) is 8.02. The van der Waals surface area contributed by atoms with Gasteiger partial charge in [0.1, 0.15) is 11.5 Å². The van der Waals surface area contributed by atoms with Gasteiger partial charge in [-0.3, -0.25) is 9.59 Å². The maximum absolute atomic E-state index is 12.4. The number of fused-ring (bicyclic) bond motifs is 1.